The van der Waals surface area contributed by atoms with Crippen molar-refractivity contribution in [3.8, 4) is 5.75 Å². The summed E-state index contributed by atoms with van der Waals surface area (Å²) in [6, 6.07) is 8.48. The molecular weight excluding hydrogens is 224 g/mol. The second kappa shape index (κ2) is 6.24. The molecule has 0 N–H and O–H groups in total. The van der Waals surface area contributed by atoms with Crippen LogP contribution in [0.15, 0.2) is 24.3 Å². The fourth-order valence-electron chi connectivity index (χ4n) is 2.33. The first-order valence-electron chi connectivity index (χ1n) is 7.07. The van der Waals surface area contributed by atoms with Gasteiger partial charge in [0.05, 0.1) is 12.2 Å². The van der Waals surface area contributed by atoms with Gasteiger partial charge in [-0.15, -0.1) is 0 Å². The predicted molar refractivity (Wildman–Crippen MR) is 74.2 cm³/mol. The third-order valence-corrected chi connectivity index (χ3v) is 3.82. The lowest BCUT2D eigenvalue weighted by Crippen LogP contribution is -2.17. The molecule has 0 bridgehead atoms. The highest BCUT2D eigenvalue weighted by Gasteiger charge is 2.22. The van der Waals surface area contributed by atoms with Crippen LogP contribution in [0.25, 0.3) is 0 Å². The van der Waals surface area contributed by atoms with Crippen molar-refractivity contribution >= 4 is 0 Å². The molecule has 1 aliphatic heterocycles. The summed E-state index contributed by atoms with van der Waals surface area (Å²) in [6.45, 7) is 7.27. The van der Waals surface area contributed by atoms with E-state index in [2.05, 4.69) is 45.0 Å². The summed E-state index contributed by atoms with van der Waals surface area (Å²) in [5.74, 6) is 1.57. The molecule has 1 heterocycles. The van der Waals surface area contributed by atoms with Crippen LogP contribution < -0.4 is 4.74 Å². The van der Waals surface area contributed by atoms with Gasteiger partial charge in [-0.3, -0.25) is 0 Å². The maximum absolute atomic E-state index is 5.78. The summed E-state index contributed by atoms with van der Waals surface area (Å²) < 4.78 is 11.5. The standard InChI is InChI=1S/C16H24O2/c1-4-12(2)14-6-9-15(10-7-14)17-11-16-8-5-13(3)18-16/h6-7,9-10,12-13,16H,4-5,8,11H2,1-3H3. The zero-order chi connectivity index (χ0) is 13.0. The summed E-state index contributed by atoms with van der Waals surface area (Å²) >= 11 is 0. The van der Waals surface area contributed by atoms with Crippen LogP contribution in [0.5, 0.6) is 5.75 Å². The molecule has 3 unspecified atom stereocenters. The Balaban J connectivity index is 1.83. The lowest BCUT2D eigenvalue weighted by molar-refractivity contribution is 0.0264. The van der Waals surface area contributed by atoms with Gasteiger partial charge in [0, 0.05) is 0 Å². The minimum Gasteiger partial charge on any atom is -0.491 e. The second-order valence-electron chi connectivity index (χ2n) is 5.34. The van der Waals surface area contributed by atoms with E-state index >= 15 is 0 Å². The predicted octanol–water partition coefficient (Wildman–Crippen LogP) is 4.15. The monoisotopic (exact) mass is 248 g/mol. The third-order valence-electron chi connectivity index (χ3n) is 3.82. The van der Waals surface area contributed by atoms with Crippen molar-refractivity contribution in [1.29, 1.82) is 0 Å². The highest BCUT2D eigenvalue weighted by atomic mass is 16.5. The first kappa shape index (κ1) is 13.4. The molecule has 2 nitrogen and oxygen atoms in total. The fraction of sp³-hybridized carbons (Fsp3) is 0.625. The van der Waals surface area contributed by atoms with Gasteiger partial charge in [-0.1, -0.05) is 26.0 Å². The maximum Gasteiger partial charge on any atom is 0.119 e. The van der Waals surface area contributed by atoms with Crippen LogP contribution in [-0.4, -0.2) is 18.8 Å². The number of ether oxygens (including phenoxy) is 2. The molecule has 1 aromatic rings. The molecule has 0 aliphatic carbocycles. The molecule has 0 aromatic heterocycles. The normalized spacial score (nSPS) is 25.1. The van der Waals surface area contributed by atoms with Gasteiger partial charge in [0.1, 0.15) is 12.4 Å². The van der Waals surface area contributed by atoms with E-state index in [1.165, 1.54) is 12.0 Å². The van der Waals surface area contributed by atoms with Gasteiger partial charge < -0.3 is 9.47 Å². The van der Waals surface area contributed by atoms with Crippen molar-refractivity contribution < 1.29 is 9.47 Å². The van der Waals surface area contributed by atoms with E-state index in [9.17, 15) is 0 Å². The number of rotatable bonds is 5. The fourth-order valence-corrected chi connectivity index (χ4v) is 2.33. The molecule has 1 fully saturated rings. The zero-order valence-corrected chi connectivity index (χ0v) is 11.7. The van der Waals surface area contributed by atoms with Gasteiger partial charge in [-0.2, -0.15) is 0 Å². The quantitative estimate of drug-likeness (QED) is 0.779. The van der Waals surface area contributed by atoms with Crippen LogP contribution in [0, 0.1) is 0 Å². The van der Waals surface area contributed by atoms with E-state index in [-0.39, 0.29) is 6.10 Å². The molecule has 0 radical (unpaired) electrons. The topological polar surface area (TPSA) is 18.5 Å². The highest BCUT2D eigenvalue weighted by Crippen LogP contribution is 2.23. The lowest BCUT2D eigenvalue weighted by atomic mass is 9.99. The van der Waals surface area contributed by atoms with Crippen LogP contribution in [0.1, 0.15) is 51.5 Å². The van der Waals surface area contributed by atoms with Crippen LogP contribution in [0.3, 0.4) is 0 Å². The van der Waals surface area contributed by atoms with Gasteiger partial charge in [-0.05, 0) is 49.8 Å². The smallest absolute Gasteiger partial charge is 0.119 e. The molecule has 0 amide bonds. The molecule has 3 atom stereocenters. The van der Waals surface area contributed by atoms with E-state index in [0.29, 0.717) is 18.6 Å². The number of hydrogen-bond donors (Lipinski definition) is 0. The van der Waals surface area contributed by atoms with Crippen LogP contribution >= 0.6 is 0 Å². The van der Waals surface area contributed by atoms with Gasteiger partial charge in [0.2, 0.25) is 0 Å². The van der Waals surface area contributed by atoms with E-state index < -0.39 is 0 Å². The first-order valence-corrected chi connectivity index (χ1v) is 7.07. The summed E-state index contributed by atoms with van der Waals surface area (Å²) in [5.41, 5.74) is 1.38. The van der Waals surface area contributed by atoms with Gasteiger partial charge in [0.25, 0.3) is 0 Å². The lowest BCUT2D eigenvalue weighted by Gasteiger charge is -2.14. The van der Waals surface area contributed by atoms with Gasteiger partial charge in [-0.25, -0.2) is 0 Å². The third kappa shape index (κ3) is 3.49. The van der Waals surface area contributed by atoms with Crippen LogP contribution in [0.2, 0.25) is 0 Å². The average Bonchev–Trinajstić information content (AvgIpc) is 2.82. The van der Waals surface area contributed by atoms with Crippen molar-refractivity contribution in [1.82, 2.24) is 0 Å². The second-order valence-corrected chi connectivity index (χ2v) is 5.34. The molecule has 100 valence electrons. The van der Waals surface area contributed by atoms with Gasteiger partial charge >= 0.3 is 0 Å². The van der Waals surface area contributed by atoms with Crippen molar-refractivity contribution in [2.75, 3.05) is 6.61 Å². The molecule has 0 saturated carbocycles. The SMILES string of the molecule is CCC(C)c1ccc(OCC2CCC(C)O2)cc1. The molecule has 0 spiro atoms. The first-order chi connectivity index (χ1) is 8.69. The Morgan fingerprint density at radius 2 is 2.00 bits per heavy atom. The molecule has 1 saturated heterocycles. The molecule has 2 heteroatoms. The van der Waals surface area contributed by atoms with E-state index in [0.717, 1.165) is 18.6 Å². The number of benzene rings is 1. The van der Waals surface area contributed by atoms with Crippen molar-refractivity contribution in [2.24, 2.45) is 0 Å². The average molecular weight is 248 g/mol. The largest absolute Gasteiger partial charge is 0.491 e. The van der Waals surface area contributed by atoms with Crippen LogP contribution in [-0.2, 0) is 4.74 Å². The van der Waals surface area contributed by atoms with E-state index in [1.54, 1.807) is 0 Å². The Hall–Kier alpha value is -1.02. The molecule has 18 heavy (non-hydrogen) atoms. The molecule has 1 aromatic carbocycles. The Morgan fingerprint density at radius 1 is 1.28 bits per heavy atom. The number of hydrogen-bond acceptors (Lipinski definition) is 2. The van der Waals surface area contributed by atoms with E-state index in [4.69, 9.17) is 9.47 Å². The molecule has 1 aliphatic rings. The van der Waals surface area contributed by atoms with Gasteiger partial charge in [0.15, 0.2) is 0 Å². The van der Waals surface area contributed by atoms with Crippen LogP contribution in [0.4, 0.5) is 0 Å². The molecule has 2 rings (SSSR count). The summed E-state index contributed by atoms with van der Waals surface area (Å²) in [4.78, 5) is 0. The minimum absolute atomic E-state index is 0.272. The summed E-state index contributed by atoms with van der Waals surface area (Å²) in [7, 11) is 0. The van der Waals surface area contributed by atoms with Crippen molar-refractivity contribution in [3.63, 3.8) is 0 Å². The summed E-state index contributed by atoms with van der Waals surface area (Å²) in [6.07, 6.45) is 4.11. The summed E-state index contributed by atoms with van der Waals surface area (Å²) in [5, 5.41) is 0. The highest BCUT2D eigenvalue weighted by molar-refractivity contribution is 5.29. The van der Waals surface area contributed by atoms with E-state index in [1.807, 2.05) is 0 Å². The van der Waals surface area contributed by atoms with Crippen molar-refractivity contribution in [3.05, 3.63) is 29.8 Å². The minimum atomic E-state index is 0.272. The maximum atomic E-state index is 5.78. The Bertz CT molecular complexity index is 358. The molecular formula is C16H24O2. The Morgan fingerprint density at radius 3 is 2.56 bits per heavy atom. The Labute approximate surface area is 110 Å². The van der Waals surface area contributed by atoms with Crippen molar-refractivity contribution in [2.45, 2.75) is 58.2 Å². The Kier molecular flexibility index (Phi) is 4.65. The zero-order valence-electron chi connectivity index (χ0n) is 11.7.